The highest BCUT2D eigenvalue weighted by atomic mass is 19.1. The summed E-state index contributed by atoms with van der Waals surface area (Å²) in [6.07, 6.45) is 3.42. The molecule has 3 aromatic rings. The van der Waals surface area contributed by atoms with Crippen LogP contribution in [-0.4, -0.2) is 42.1 Å². The first-order valence-electron chi connectivity index (χ1n) is 10.3. The van der Waals surface area contributed by atoms with Crippen LogP contribution in [0.4, 0.5) is 16.2 Å². The summed E-state index contributed by atoms with van der Waals surface area (Å²) in [6.45, 7) is 0. The second kappa shape index (κ2) is 8.65. The summed E-state index contributed by atoms with van der Waals surface area (Å²) >= 11 is 0. The first kappa shape index (κ1) is 20.1. The highest BCUT2D eigenvalue weighted by molar-refractivity contribution is 5.94. The average Bonchev–Trinajstić information content (AvgIpc) is 2.74. The zero-order chi connectivity index (χ0) is 21.1. The fourth-order valence-corrected chi connectivity index (χ4v) is 3.94. The number of carbonyl (C=O) groups excluding carboxylic acids is 1. The van der Waals surface area contributed by atoms with Crippen molar-refractivity contribution in [2.24, 2.45) is 0 Å². The molecule has 0 spiro atoms. The van der Waals surface area contributed by atoms with Crippen molar-refractivity contribution >= 4 is 28.6 Å². The van der Waals surface area contributed by atoms with Gasteiger partial charge in [-0.3, -0.25) is 4.79 Å². The zero-order valence-electron chi connectivity index (χ0n) is 17.2. The molecule has 0 unspecified atom stereocenters. The average molecular weight is 407 g/mol. The van der Waals surface area contributed by atoms with Gasteiger partial charge in [-0.1, -0.05) is 24.3 Å². The Hall–Kier alpha value is -3.22. The summed E-state index contributed by atoms with van der Waals surface area (Å²) < 4.78 is 13.8. The van der Waals surface area contributed by atoms with Crippen molar-refractivity contribution in [2.75, 3.05) is 24.3 Å². The van der Waals surface area contributed by atoms with Crippen LogP contribution in [0, 0.1) is 5.82 Å². The summed E-state index contributed by atoms with van der Waals surface area (Å²) in [5.41, 5.74) is 1.00. The van der Waals surface area contributed by atoms with E-state index >= 15 is 0 Å². The Bertz CT molecular complexity index is 1050. The Morgan fingerprint density at radius 3 is 2.37 bits per heavy atom. The molecule has 1 heterocycles. The number of hydrogen-bond donors (Lipinski definition) is 2. The van der Waals surface area contributed by atoms with Crippen LogP contribution in [0.1, 0.15) is 36.0 Å². The zero-order valence-corrected chi connectivity index (χ0v) is 17.2. The molecule has 156 valence electrons. The summed E-state index contributed by atoms with van der Waals surface area (Å²) in [7, 11) is 3.95. The molecule has 1 aromatic heterocycles. The SMILES string of the molecule is CN(C)c1nc(N[C@H]2CC[C@@H](NC(=O)c3ccccc3F)CC2)nc2ccccc12. The molecule has 7 heteroatoms. The van der Waals surface area contributed by atoms with E-state index in [9.17, 15) is 9.18 Å². The predicted octanol–water partition coefficient (Wildman–Crippen LogP) is 3.99. The van der Waals surface area contributed by atoms with E-state index in [1.54, 1.807) is 12.1 Å². The van der Waals surface area contributed by atoms with Gasteiger partial charge in [-0.25, -0.2) is 9.37 Å². The number of nitrogens with one attached hydrogen (secondary N) is 2. The monoisotopic (exact) mass is 407 g/mol. The number of benzene rings is 2. The summed E-state index contributed by atoms with van der Waals surface area (Å²) in [5.74, 6) is 0.665. The maximum Gasteiger partial charge on any atom is 0.254 e. The van der Waals surface area contributed by atoms with Gasteiger partial charge >= 0.3 is 0 Å². The molecule has 1 saturated carbocycles. The lowest BCUT2D eigenvalue weighted by Crippen LogP contribution is -2.40. The smallest absolute Gasteiger partial charge is 0.254 e. The van der Waals surface area contributed by atoms with Gasteiger partial charge in [0.25, 0.3) is 5.91 Å². The van der Waals surface area contributed by atoms with Gasteiger partial charge in [0.2, 0.25) is 5.95 Å². The quantitative estimate of drug-likeness (QED) is 0.669. The molecule has 2 N–H and O–H groups in total. The van der Waals surface area contributed by atoms with E-state index in [4.69, 9.17) is 4.98 Å². The molecule has 0 radical (unpaired) electrons. The van der Waals surface area contributed by atoms with E-state index < -0.39 is 5.82 Å². The second-order valence-electron chi connectivity index (χ2n) is 7.93. The number of carbonyl (C=O) groups is 1. The molecule has 30 heavy (non-hydrogen) atoms. The highest BCUT2D eigenvalue weighted by Crippen LogP contribution is 2.26. The normalized spacial score (nSPS) is 18.8. The highest BCUT2D eigenvalue weighted by Gasteiger charge is 2.24. The summed E-state index contributed by atoms with van der Waals surface area (Å²) in [6, 6.07) is 14.3. The molecule has 1 amide bonds. The number of para-hydroxylation sites is 1. The van der Waals surface area contributed by atoms with Crippen LogP contribution in [0.5, 0.6) is 0 Å². The lowest BCUT2D eigenvalue weighted by molar-refractivity contribution is 0.0922. The molecule has 1 aliphatic rings. The number of anilines is 2. The third-order valence-electron chi connectivity index (χ3n) is 5.52. The summed E-state index contributed by atoms with van der Waals surface area (Å²) in [4.78, 5) is 23.7. The number of halogens is 1. The van der Waals surface area contributed by atoms with Gasteiger partial charge in [-0.05, 0) is 49.9 Å². The van der Waals surface area contributed by atoms with Gasteiger partial charge < -0.3 is 15.5 Å². The topological polar surface area (TPSA) is 70.2 Å². The number of fused-ring (bicyclic) bond motifs is 1. The maximum atomic E-state index is 13.8. The standard InChI is InChI=1S/C23H26FN5O/c1-29(2)21-18-8-4-6-10-20(18)27-23(28-21)26-16-13-11-15(12-14-16)25-22(30)17-7-3-5-9-19(17)24/h3-10,15-16H,11-14H2,1-2H3,(H,25,30)(H,26,27,28)/t15-,16+. The molecule has 0 bridgehead atoms. The van der Waals surface area contributed by atoms with E-state index in [2.05, 4.69) is 15.6 Å². The molecule has 6 nitrogen and oxygen atoms in total. The van der Waals surface area contributed by atoms with Gasteiger partial charge in [0.1, 0.15) is 11.6 Å². The molecule has 0 aliphatic heterocycles. The van der Waals surface area contributed by atoms with Gasteiger partial charge in [-0.2, -0.15) is 4.98 Å². The van der Waals surface area contributed by atoms with Crippen LogP contribution in [0.15, 0.2) is 48.5 Å². The van der Waals surface area contributed by atoms with E-state index in [-0.39, 0.29) is 23.6 Å². The fraction of sp³-hybridized carbons (Fsp3) is 0.348. The van der Waals surface area contributed by atoms with Crippen molar-refractivity contribution in [1.82, 2.24) is 15.3 Å². The second-order valence-corrected chi connectivity index (χ2v) is 7.93. The molecular weight excluding hydrogens is 381 g/mol. The number of nitrogens with zero attached hydrogens (tertiary/aromatic N) is 3. The third-order valence-corrected chi connectivity index (χ3v) is 5.52. The molecule has 1 fully saturated rings. The van der Waals surface area contributed by atoms with Crippen molar-refractivity contribution in [2.45, 2.75) is 37.8 Å². The van der Waals surface area contributed by atoms with Crippen molar-refractivity contribution in [3.8, 4) is 0 Å². The number of hydrogen-bond acceptors (Lipinski definition) is 5. The van der Waals surface area contributed by atoms with Crippen LogP contribution in [-0.2, 0) is 0 Å². The molecule has 2 aromatic carbocycles. The predicted molar refractivity (Wildman–Crippen MR) is 117 cm³/mol. The fourth-order valence-electron chi connectivity index (χ4n) is 3.94. The lowest BCUT2D eigenvalue weighted by Gasteiger charge is -2.30. The van der Waals surface area contributed by atoms with E-state index in [0.717, 1.165) is 42.4 Å². The van der Waals surface area contributed by atoms with Crippen LogP contribution < -0.4 is 15.5 Å². The van der Waals surface area contributed by atoms with Crippen molar-refractivity contribution in [3.05, 3.63) is 59.9 Å². The number of aromatic nitrogens is 2. The van der Waals surface area contributed by atoms with Crippen LogP contribution in [0.25, 0.3) is 10.9 Å². The minimum Gasteiger partial charge on any atom is -0.362 e. The Morgan fingerprint density at radius 2 is 1.63 bits per heavy atom. The first-order valence-corrected chi connectivity index (χ1v) is 10.3. The van der Waals surface area contributed by atoms with E-state index in [0.29, 0.717) is 5.95 Å². The number of amides is 1. The third kappa shape index (κ3) is 4.35. The minimum atomic E-state index is -0.490. The molecule has 0 atom stereocenters. The Kier molecular flexibility index (Phi) is 5.79. The van der Waals surface area contributed by atoms with Gasteiger partial charge in [-0.15, -0.1) is 0 Å². The van der Waals surface area contributed by atoms with Gasteiger partial charge in [0.05, 0.1) is 11.1 Å². The van der Waals surface area contributed by atoms with Crippen molar-refractivity contribution in [3.63, 3.8) is 0 Å². The van der Waals surface area contributed by atoms with E-state index in [1.165, 1.54) is 12.1 Å². The summed E-state index contributed by atoms with van der Waals surface area (Å²) in [5, 5.41) is 7.45. The van der Waals surface area contributed by atoms with Crippen LogP contribution in [0.2, 0.25) is 0 Å². The molecular formula is C23H26FN5O. The molecule has 0 saturated heterocycles. The van der Waals surface area contributed by atoms with Crippen LogP contribution in [0.3, 0.4) is 0 Å². The Balaban J connectivity index is 1.38. The van der Waals surface area contributed by atoms with Crippen molar-refractivity contribution in [1.29, 1.82) is 0 Å². The van der Waals surface area contributed by atoms with E-state index in [1.807, 2.05) is 43.3 Å². The lowest BCUT2D eigenvalue weighted by atomic mass is 9.91. The maximum absolute atomic E-state index is 13.8. The molecule has 4 rings (SSSR count). The van der Waals surface area contributed by atoms with Crippen molar-refractivity contribution < 1.29 is 9.18 Å². The number of rotatable bonds is 5. The van der Waals surface area contributed by atoms with Crippen LogP contribution >= 0.6 is 0 Å². The minimum absolute atomic E-state index is 0.0463. The van der Waals surface area contributed by atoms with Gasteiger partial charge in [0.15, 0.2) is 0 Å². The first-order chi connectivity index (χ1) is 14.5. The largest absolute Gasteiger partial charge is 0.362 e. The Morgan fingerprint density at radius 1 is 0.967 bits per heavy atom. The Labute approximate surface area is 175 Å². The molecule has 1 aliphatic carbocycles. The van der Waals surface area contributed by atoms with Gasteiger partial charge in [0, 0.05) is 31.6 Å².